The van der Waals surface area contributed by atoms with Crippen LogP contribution in [-0.2, 0) is 9.57 Å². The summed E-state index contributed by atoms with van der Waals surface area (Å²) in [6, 6.07) is 1.31. The Morgan fingerprint density at radius 1 is 1.10 bits per heavy atom. The maximum absolute atomic E-state index is 12.6. The highest BCUT2D eigenvalue weighted by Crippen LogP contribution is 2.35. The second-order valence-electron chi connectivity index (χ2n) is 9.23. The molecule has 1 saturated carbocycles. The zero-order chi connectivity index (χ0) is 20.4. The van der Waals surface area contributed by atoms with Gasteiger partial charge in [-0.25, -0.2) is 9.59 Å². The van der Waals surface area contributed by atoms with E-state index in [1.165, 1.54) is 12.8 Å². The van der Waals surface area contributed by atoms with E-state index in [4.69, 9.17) is 9.57 Å². The van der Waals surface area contributed by atoms with Crippen LogP contribution in [0.5, 0.6) is 0 Å². The number of carbonyl (C=O) groups is 2. The summed E-state index contributed by atoms with van der Waals surface area (Å²) in [7, 11) is 0. The van der Waals surface area contributed by atoms with E-state index in [0.29, 0.717) is 24.7 Å². The van der Waals surface area contributed by atoms with Gasteiger partial charge in [0, 0.05) is 37.8 Å². The molecule has 3 aliphatic heterocycles. The topological polar surface area (TPSA) is 74.4 Å². The van der Waals surface area contributed by atoms with Crippen LogP contribution in [0, 0.1) is 0 Å². The van der Waals surface area contributed by atoms with Gasteiger partial charge >= 0.3 is 12.2 Å². The number of urea groups is 1. The SMILES string of the molecule is CCOC(=O)ON1CCC(C)(N2CCC(N3C(=O)N[C@H]4CCCC[C@@H]43)CC2)CC1. The molecule has 4 aliphatic rings. The molecule has 29 heavy (non-hydrogen) atoms. The number of rotatable bonds is 4. The molecule has 8 nitrogen and oxygen atoms in total. The molecular formula is C21H36N4O4. The quantitative estimate of drug-likeness (QED) is 0.721. The van der Waals surface area contributed by atoms with Gasteiger partial charge in [-0.1, -0.05) is 12.8 Å². The Balaban J connectivity index is 1.27. The molecule has 3 heterocycles. The van der Waals surface area contributed by atoms with Gasteiger partial charge < -0.3 is 19.8 Å². The lowest BCUT2D eigenvalue weighted by atomic mass is 9.85. The molecule has 0 aromatic rings. The van der Waals surface area contributed by atoms with E-state index in [-0.39, 0.29) is 11.6 Å². The van der Waals surface area contributed by atoms with Crippen LogP contribution < -0.4 is 5.32 Å². The predicted molar refractivity (Wildman–Crippen MR) is 108 cm³/mol. The second-order valence-corrected chi connectivity index (χ2v) is 9.23. The Morgan fingerprint density at radius 3 is 2.48 bits per heavy atom. The van der Waals surface area contributed by atoms with Gasteiger partial charge in [-0.15, -0.1) is 5.06 Å². The maximum Gasteiger partial charge on any atom is 0.527 e. The van der Waals surface area contributed by atoms with E-state index in [1.54, 1.807) is 12.0 Å². The van der Waals surface area contributed by atoms with Crippen molar-refractivity contribution in [3.8, 4) is 0 Å². The monoisotopic (exact) mass is 408 g/mol. The van der Waals surface area contributed by atoms with Gasteiger partial charge in [-0.05, 0) is 52.4 Å². The van der Waals surface area contributed by atoms with Crippen molar-refractivity contribution in [1.29, 1.82) is 0 Å². The molecular weight excluding hydrogens is 372 g/mol. The van der Waals surface area contributed by atoms with Crippen LogP contribution >= 0.6 is 0 Å². The minimum Gasteiger partial charge on any atom is -0.433 e. The molecule has 2 atom stereocenters. The van der Waals surface area contributed by atoms with Gasteiger partial charge in [-0.2, -0.15) is 0 Å². The minimum absolute atomic E-state index is 0.125. The lowest BCUT2D eigenvalue weighted by Gasteiger charge is -2.49. The summed E-state index contributed by atoms with van der Waals surface area (Å²) in [5, 5.41) is 4.96. The van der Waals surface area contributed by atoms with Crippen LogP contribution in [0.4, 0.5) is 9.59 Å². The highest BCUT2D eigenvalue weighted by atomic mass is 16.8. The van der Waals surface area contributed by atoms with Crippen LogP contribution in [0.1, 0.15) is 65.2 Å². The van der Waals surface area contributed by atoms with Crippen LogP contribution in [0.15, 0.2) is 0 Å². The number of hydroxylamine groups is 2. The molecule has 4 fully saturated rings. The van der Waals surface area contributed by atoms with Gasteiger partial charge in [0.05, 0.1) is 18.7 Å². The fourth-order valence-electron chi connectivity index (χ4n) is 5.74. The Hall–Kier alpha value is -1.54. The van der Waals surface area contributed by atoms with Crippen LogP contribution in [0.2, 0.25) is 0 Å². The number of likely N-dealkylation sites (tertiary alicyclic amines) is 1. The van der Waals surface area contributed by atoms with Crippen LogP contribution in [-0.4, -0.2) is 83.5 Å². The smallest absolute Gasteiger partial charge is 0.433 e. The second kappa shape index (κ2) is 8.68. The Labute approximate surface area is 173 Å². The number of nitrogens with zero attached hydrogens (tertiary/aromatic N) is 3. The van der Waals surface area contributed by atoms with E-state index in [2.05, 4.69) is 22.0 Å². The summed E-state index contributed by atoms with van der Waals surface area (Å²) in [6.07, 6.45) is 8.19. The molecule has 0 aromatic heterocycles. The van der Waals surface area contributed by atoms with Crippen molar-refractivity contribution in [1.82, 2.24) is 20.2 Å². The van der Waals surface area contributed by atoms with Gasteiger partial charge in [0.15, 0.2) is 0 Å². The first-order valence-corrected chi connectivity index (χ1v) is 11.4. The molecule has 1 aliphatic carbocycles. The molecule has 164 valence electrons. The number of hydrogen-bond donors (Lipinski definition) is 1. The van der Waals surface area contributed by atoms with E-state index >= 15 is 0 Å². The number of fused-ring (bicyclic) bond motifs is 1. The first-order chi connectivity index (χ1) is 14.0. The van der Waals surface area contributed by atoms with Gasteiger partial charge in [0.2, 0.25) is 0 Å². The van der Waals surface area contributed by atoms with Crippen molar-refractivity contribution < 1.29 is 19.2 Å². The molecule has 1 N–H and O–H groups in total. The van der Waals surface area contributed by atoms with Crippen LogP contribution in [0.25, 0.3) is 0 Å². The fourth-order valence-corrected chi connectivity index (χ4v) is 5.74. The standard InChI is InChI=1S/C21H36N4O4/c1-3-28-20(27)29-24-14-10-21(2,11-15-24)23-12-8-16(9-13-23)25-18-7-5-4-6-17(18)22-19(25)26/h16-18H,3-15H2,1-2H3,(H,22,26)/t17-,18-/m0/s1. The first-order valence-electron chi connectivity index (χ1n) is 11.4. The molecule has 0 aromatic carbocycles. The maximum atomic E-state index is 12.6. The summed E-state index contributed by atoms with van der Waals surface area (Å²) >= 11 is 0. The average Bonchev–Trinajstić information content (AvgIpc) is 3.06. The number of carbonyl (C=O) groups excluding carboxylic acids is 2. The fraction of sp³-hybridized carbons (Fsp3) is 0.905. The van der Waals surface area contributed by atoms with Crippen molar-refractivity contribution in [3.05, 3.63) is 0 Å². The minimum atomic E-state index is -0.609. The number of nitrogens with one attached hydrogen (secondary N) is 1. The van der Waals surface area contributed by atoms with Crippen molar-refractivity contribution in [2.45, 2.75) is 88.9 Å². The average molecular weight is 409 g/mol. The third-order valence-corrected chi connectivity index (χ3v) is 7.52. The first kappa shape index (κ1) is 20.7. The Kier molecular flexibility index (Phi) is 6.20. The summed E-state index contributed by atoms with van der Waals surface area (Å²) in [6.45, 7) is 7.95. The number of amides is 2. The van der Waals surface area contributed by atoms with E-state index in [1.807, 2.05) is 0 Å². The largest absolute Gasteiger partial charge is 0.527 e. The van der Waals surface area contributed by atoms with E-state index < -0.39 is 6.16 Å². The van der Waals surface area contributed by atoms with Crippen molar-refractivity contribution in [2.24, 2.45) is 0 Å². The molecule has 0 radical (unpaired) electrons. The lowest BCUT2D eigenvalue weighted by molar-refractivity contribution is -0.156. The molecule has 4 rings (SSSR count). The van der Waals surface area contributed by atoms with Crippen LogP contribution in [0.3, 0.4) is 0 Å². The summed E-state index contributed by atoms with van der Waals surface area (Å²) in [5.74, 6) is 0. The Bertz CT molecular complexity index is 599. The zero-order valence-corrected chi connectivity index (χ0v) is 17.9. The molecule has 0 unspecified atom stereocenters. The predicted octanol–water partition coefficient (Wildman–Crippen LogP) is 2.73. The molecule has 0 spiro atoms. The number of piperidine rings is 2. The van der Waals surface area contributed by atoms with Gasteiger partial charge in [0.1, 0.15) is 0 Å². The van der Waals surface area contributed by atoms with Crippen molar-refractivity contribution in [3.63, 3.8) is 0 Å². The molecule has 3 saturated heterocycles. The molecule has 2 amide bonds. The van der Waals surface area contributed by atoms with E-state index in [9.17, 15) is 9.59 Å². The van der Waals surface area contributed by atoms with Crippen molar-refractivity contribution in [2.75, 3.05) is 32.8 Å². The summed E-state index contributed by atoms with van der Waals surface area (Å²) in [4.78, 5) is 34.2. The van der Waals surface area contributed by atoms with Gasteiger partial charge in [-0.3, -0.25) is 4.90 Å². The third-order valence-electron chi connectivity index (χ3n) is 7.52. The lowest BCUT2D eigenvalue weighted by Crippen LogP contribution is -2.58. The zero-order valence-electron chi connectivity index (χ0n) is 17.9. The molecule has 8 heteroatoms. The number of hydrogen-bond acceptors (Lipinski definition) is 6. The number of ether oxygens (including phenoxy) is 1. The normalized spacial score (nSPS) is 31.2. The summed E-state index contributed by atoms with van der Waals surface area (Å²) in [5.41, 5.74) is 0.125. The highest BCUT2D eigenvalue weighted by Gasteiger charge is 2.46. The Morgan fingerprint density at radius 2 is 1.79 bits per heavy atom. The van der Waals surface area contributed by atoms with E-state index in [0.717, 1.165) is 64.7 Å². The van der Waals surface area contributed by atoms with Crippen molar-refractivity contribution >= 4 is 12.2 Å². The third kappa shape index (κ3) is 4.33. The molecule has 0 bridgehead atoms. The highest BCUT2D eigenvalue weighted by molar-refractivity contribution is 5.78. The summed E-state index contributed by atoms with van der Waals surface area (Å²) < 4.78 is 4.87. The van der Waals surface area contributed by atoms with Gasteiger partial charge in [0.25, 0.3) is 0 Å².